The van der Waals surface area contributed by atoms with Crippen LogP contribution in [0.3, 0.4) is 0 Å². The predicted octanol–water partition coefficient (Wildman–Crippen LogP) is 2.93. The summed E-state index contributed by atoms with van der Waals surface area (Å²) in [6.07, 6.45) is 0.997. The Balaban J connectivity index is 1.96. The van der Waals surface area contributed by atoms with E-state index < -0.39 is 5.91 Å². The molecule has 2 heterocycles. The lowest BCUT2D eigenvalue weighted by Gasteiger charge is -2.27. The third-order valence-electron chi connectivity index (χ3n) is 4.95. The molecule has 0 saturated carbocycles. The van der Waals surface area contributed by atoms with Crippen molar-refractivity contribution < 1.29 is 4.79 Å². The van der Waals surface area contributed by atoms with Gasteiger partial charge in [-0.2, -0.15) is 15.0 Å². The van der Waals surface area contributed by atoms with E-state index in [1.54, 1.807) is 12.1 Å². The summed E-state index contributed by atoms with van der Waals surface area (Å²) in [5.41, 5.74) is 7.21. The van der Waals surface area contributed by atoms with Gasteiger partial charge in [0.05, 0.1) is 0 Å². The van der Waals surface area contributed by atoms with Crippen LogP contribution in [0, 0.1) is 12.3 Å². The zero-order valence-electron chi connectivity index (χ0n) is 18.7. The first-order valence-electron chi connectivity index (χ1n) is 10.3. The molecule has 0 radical (unpaired) electrons. The maximum Gasteiger partial charge on any atom is 0.248 e. The second-order valence-corrected chi connectivity index (χ2v) is 9.56. The van der Waals surface area contributed by atoms with Crippen LogP contribution in [0.5, 0.6) is 0 Å². The number of hydrogen-bond donors (Lipinski definition) is 4. The summed E-state index contributed by atoms with van der Waals surface area (Å²) in [7, 11) is 1.96. The monoisotopic (exact) mass is 446 g/mol. The van der Waals surface area contributed by atoms with E-state index in [0.29, 0.717) is 34.1 Å². The Kier molecular flexibility index (Phi) is 6.86. The van der Waals surface area contributed by atoms with Gasteiger partial charge in [-0.05, 0) is 43.0 Å². The number of primary amides is 1. The Labute approximate surface area is 188 Å². The molecule has 0 spiro atoms. The second kappa shape index (κ2) is 9.23. The van der Waals surface area contributed by atoms with Crippen LogP contribution in [0.2, 0.25) is 5.02 Å². The van der Waals surface area contributed by atoms with Gasteiger partial charge in [0.25, 0.3) is 0 Å². The highest BCUT2D eigenvalue weighted by Gasteiger charge is 2.20. The van der Waals surface area contributed by atoms with Crippen molar-refractivity contribution in [2.75, 3.05) is 42.2 Å². The molecule has 1 fully saturated rings. The van der Waals surface area contributed by atoms with Gasteiger partial charge in [0.15, 0.2) is 0 Å². The third-order valence-corrected chi connectivity index (χ3v) is 5.34. The van der Waals surface area contributed by atoms with Crippen LogP contribution < -0.4 is 26.6 Å². The van der Waals surface area contributed by atoms with Gasteiger partial charge >= 0.3 is 0 Å². The van der Waals surface area contributed by atoms with E-state index in [4.69, 9.17) is 17.3 Å². The predicted molar refractivity (Wildman–Crippen MR) is 125 cm³/mol. The van der Waals surface area contributed by atoms with Crippen molar-refractivity contribution in [1.82, 2.24) is 20.3 Å². The molecule has 0 aliphatic carbocycles. The number of carbonyl (C=O) groups is 1. The van der Waals surface area contributed by atoms with Crippen LogP contribution in [0.1, 0.15) is 43.1 Å². The molecule has 1 aromatic carbocycles. The topological polar surface area (TPSA) is 121 Å². The van der Waals surface area contributed by atoms with Crippen LogP contribution >= 0.6 is 11.6 Å². The first kappa shape index (κ1) is 23.0. The summed E-state index contributed by atoms with van der Waals surface area (Å²) in [4.78, 5) is 27.5. The molecular formula is C21H31ClN8O. The molecule has 1 atom stereocenters. The smallest absolute Gasteiger partial charge is 0.248 e. The van der Waals surface area contributed by atoms with Gasteiger partial charge in [-0.3, -0.25) is 4.79 Å². The molecule has 3 rings (SSSR count). The number of aromatic nitrogens is 3. The number of anilines is 4. The van der Waals surface area contributed by atoms with E-state index >= 15 is 0 Å². The van der Waals surface area contributed by atoms with Crippen molar-refractivity contribution in [1.29, 1.82) is 0 Å². The second-order valence-electron chi connectivity index (χ2n) is 9.15. The molecule has 10 heteroatoms. The minimum atomic E-state index is -0.553. The Hall–Kier alpha value is -2.65. The largest absolute Gasteiger partial charge is 0.366 e. The van der Waals surface area contributed by atoms with Gasteiger partial charge in [0.2, 0.25) is 23.8 Å². The molecule has 2 aromatic rings. The molecule has 31 heavy (non-hydrogen) atoms. The lowest BCUT2D eigenvalue weighted by Crippen LogP contribution is -2.31. The fraction of sp³-hybridized carbons (Fsp3) is 0.524. The summed E-state index contributed by atoms with van der Waals surface area (Å²) in [6, 6.07) is 3.46. The Morgan fingerprint density at radius 3 is 2.61 bits per heavy atom. The highest BCUT2D eigenvalue weighted by Crippen LogP contribution is 2.28. The molecule has 1 aliphatic heterocycles. The highest BCUT2D eigenvalue weighted by molar-refractivity contribution is 6.32. The quantitative estimate of drug-likeness (QED) is 0.512. The van der Waals surface area contributed by atoms with Crippen LogP contribution in [-0.4, -0.2) is 53.6 Å². The zero-order chi connectivity index (χ0) is 22.8. The van der Waals surface area contributed by atoms with E-state index in [1.165, 1.54) is 0 Å². The molecule has 9 nitrogen and oxygen atoms in total. The number of halogens is 1. The summed E-state index contributed by atoms with van der Waals surface area (Å²) < 4.78 is 0. The van der Waals surface area contributed by atoms with Crippen LogP contribution in [-0.2, 0) is 0 Å². The van der Waals surface area contributed by atoms with Gasteiger partial charge < -0.3 is 26.6 Å². The Bertz CT molecular complexity index is 953. The van der Waals surface area contributed by atoms with Crippen molar-refractivity contribution in [3.8, 4) is 0 Å². The highest BCUT2D eigenvalue weighted by atomic mass is 35.5. The Morgan fingerprint density at radius 1 is 1.29 bits per heavy atom. The fourth-order valence-electron chi connectivity index (χ4n) is 3.47. The molecule has 0 bridgehead atoms. The van der Waals surface area contributed by atoms with Crippen molar-refractivity contribution in [2.24, 2.45) is 11.1 Å². The number of hydrogen-bond acceptors (Lipinski definition) is 8. The standard InChI is InChI=1S/C21H31ClN8O/c1-12-15(22)8-13(17(23)31)9-16(12)26-19-27-18(25-14-6-7-24-10-14)28-20(29-19)30(5)11-21(2,3)4/h8-9,14,24H,6-7,10-11H2,1-5H3,(H2,23,31)(H2,25,26,27,28,29)/t14-/m1/s1. The molecule has 1 aliphatic rings. The van der Waals surface area contributed by atoms with Gasteiger partial charge in [-0.25, -0.2) is 0 Å². The number of nitrogens with zero attached hydrogens (tertiary/aromatic N) is 4. The van der Waals surface area contributed by atoms with Crippen molar-refractivity contribution in [3.05, 3.63) is 28.3 Å². The third kappa shape index (κ3) is 6.18. The van der Waals surface area contributed by atoms with E-state index in [-0.39, 0.29) is 11.5 Å². The fourth-order valence-corrected chi connectivity index (χ4v) is 3.69. The first-order valence-corrected chi connectivity index (χ1v) is 10.7. The van der Waals surface area contributed by atoms with E-state index in [1.807, 2.05) is 18.9 Å². The molecular weight excluding hydrogens is 416 g/mol. The molecule has 0 unspecified atom stereocenters. The van der Waals surface area contributed by atoms with Crippen molar-refractivity contribution in [2.45, 2.75) is 40.2 Å². The molecule has 1 aromatic heterocycles. The average Bonchev–Trinajstić information content (AvgIpc) is 3.16. The van der Waals surface area contributed by atoms with Gasteiger partial charge in [0.1, 0.15) is 0 Å². The maximum absolute atomic E-state index is 11.7. The summed E-state index contributed by atoms with van der Waals surface area (Å²) in [6.45, 7) is 10.9. The minimum Gasteiger partial charge on any atom is -0.366 e. The summed E-state index contributed by atoms with van der Waals surface area (Å²) >= 11 is 6.30. The van der Waals surface area contributed by atoms with E-state index in [2.05, 4.69) is 51.7 Å². The van der Waals surface area contributed by atoms with Crippen LogP contribution in [0.25, 0.3) is 0 Å². The number of amides is 1. The number of carbonyl (C=O) groups excluding carboxylic acids is 1. The summed E-state index contributed by atoms with van der Waals surface area (Å²) in [5.74, 6) is 0.856. The van der Waals surface area contributed by atoms with E-state index in [9.17, 15) is 4.79 Å². The van der Waals surface area contributed by atoms with Crippen LogP contribution in [0.4, 0.5) is 23.5 Å². The lowest BCUT2D eigenvalue weighted by molar-refractivity contribution is 0.100. The average molecular weight is 447 g/mol. The molecule has 1 saturated heterocycles. The molecule has 1 amide bonds. The SMILES string of the molecule is Cc1c(Cl)cc(C(N)=O)cc1Nc1nc(N[C@@H]2CCNC2)nc(N(C)CC(C)(C)C)n1. The van der Waals surface area contributed by atoms with Crippen LogP contribution in [0.15, 0.2) is 12.1 Å². The number of nitrogens with two attached hydrogens (primary N) is 1. The zero-order valence-corrected chi connectivity index (χ0v) is 19.5. The number of rotatable bonds is 7. The molecule has 168 valence electrons. The lowest BCUT2D eigenvalue weighted by atomic mass is 9.96. The number of benzene rings is 1. The van der Waals surface area contributed by atoms with Gasteiger partial charge in [0, 0.05) is 42.5 Å². The maximum atomic E-state index is 11.7. The van der Waals surface area contributed by atoms with Gasteiger partial charge in [-0.1, -0.05) is 32.4 Å². The van der Waals surface area contributed by atoms with E-state index in [0.717, 1.165) is 31.6 Å². The number of nitrogens with one attached hydrogen (secondary N) is 3. The summed E-state index contributed by atoms with van der Waals surface area (Å²) in [5, 5.41) is 10.4. The van der Waals surface area contributed by atoms with Crippen molar-refractivity contribution >= 4 is 41.0 Å². The van der Waals surface area contributed by atoms with Gasteiger partial charge in [-0.15, -0.1) is 0 Å². The molecule has 5 N–H and O–H groups in total. The Morgan fingerprint density at radius 2 is 2.00 bits per heavy atom. The minimum absolute atomic E-state index is 0.0673. The first-order chi connectivity index (χ1) is 14.5. The van der Waals surface area contributed by atoms with Crippen molar-refractivity contribution in [3.63, 3.8) is 0 Å². The normalized spacial score (nSPS) is 16.3.